The van der Waals surface area contributed by atoms with Crippen LogP contribution in [0.3, 0.4) is 0 Å². The van der Waals surface area contributed by atoms with Crippen LogP contribution in [-0.4, -0.2) is 59.0 Å². The van der Waals surface area contributed by atoms with Crippen LogP contribution in [0.5, 0.6) is 5.75 Å². The Morgan fingerprint density at radius 3 is 1.91 bits per heavy atom. The fraction of sp³-hybridized carbons (Fsp3) is 0.0385. The third kappa shape index (κ3) is 7.44. The number of fused-ring (bicyclic) bond motifs is 1. The van der Waals surface area contributed by atoms with Crippen LogP contribution in [0.1, 0.15) is 5.56 Å². The number of phenols is 1. The highest BCUT2D eigenvalue weighted by Gasteiger charge is 2.26. The Kier molecular flexibility index (Phi) is 8.85. The molecule has 4 aromatic carbocycles. The minimum Gasteiger partial charge on any atom is -0.505 e. The quantitative estimate of drug-likeness (QED) is 0.0828. The number of halogens is 1. The molecular formula is C26H20ClN7O10S3. The first-order valence-corrected chi connectivity index (χ1v) is 17.4. The summed E-state index contributed by atoms with van der Waals surface area (Å²) >= 11 is 6.11. The molecule has 0 saturated carbocycles. The molecule has 0 saturated heterocycles. The largest absolute Gasteiger partial charge is 0.505 e. The fourth-order valence-corrected chi connectivity index (χ4v) is 6.26. The Hall–Kier alpha value is -4.83. The molecule has 0 aliphatic heterocycles. The number of hydrogen-bond acceptors (Lipinski definition) is 14. The summed E-state index contributed by atoms with van der Waals surface area (Å²) in [6.07, 6.45) is 0. The summed E-state index contributed by atoms with van der Waals surface area (Å²) in [6.45, 7) is 1.82. The van der Waals surface area contributed by atoms with Gasteiger partial charge in [0.15, 0.2) is 5.75 Å². The number of nitrogens with zero attached hydrogens (tertiary/aromatic N) is 5. The van der Waals surface area contributed by atoms with Crippen LogP contribution < -0.4 is 10.6 Å². The number of benzene rings is 4. The highest BCUT2D eigenvalue weighted by atomic mass is 35.5. The average Bonchev–Trinajstić information content (AvgIpc) is 2.96. The van der Waals surface area contributed by atoms with Gasteiger partial charge in [-0.25, -0.2) is 0 Å². The van der Waals surface area contributed by atoms with Crippen molar-refractivity contribution in [3.8, 4) is 5.75 Å². The summed E-state index contributed by atoms with van der Waals surface area (Å²) in [5.41, 5.74) is -0.285. The van der Waals surface area contributed by atoms with E-state index < -0.39 is 62.2 Å². The Labute approximate surface area is 271 Å². The standard InChI is InChI=1S/C26H20ClN7O10S3/c1-13-6-2-3-7-16(13)28-25-30-24(27)31-26(32-25)29-18-12-15(45(36,37)38)10-14-11-20(47(42,43)44)22(23(35)21(14)18)34-33-17-8-4-5-9-19(17)46(39,40)41/h2-12,35H,1H3,(H,36,37,38)(H,39,40,41)(H,42,43,44)(H2,28,29,30,31,32). The van der Waals surface area contributed by atoms with Gasteiger partial charge in [0.1, 0.15) is 21.2 Å². The maximum Gasteiger partial charge on any atom is 0.296 e. The molecule has 244 valence electrons. The highest BCUT2D eigenvalue weighted by molar-refractivity contribution is 7.86. The Morgan fingerprint density at radius 1 is 0.702 bits per heavy atom. The topological polar surface area (TPSA) is 271 Å². The molecule has 0 fully saturated rings. The van der Waals surface area contributed by atoms with Crippen LogP contribution in [-0.2, 0) is 30.4 Å². The first kappa shape index (κ1) is 33.5. The molecular weight excluding hydrogens is 702 g/mol. The second-order valence-corrected chi connectivity index (χ2v) is 14.1. The third-order valence-electron chi connectivity index (χ3n) is 6.35. The predicted molar refractivity (Wildman–Crippen MR) is 168 cm³/mol. The monoisotopic (exact) mass is 721 g/mol. The van der Waals surface area contributed by atoms with Crippen molar-refractivity contribution < 1.29 is 44.0 Å². The highest BCUT2D eigenvalue weighted by Crippen LogP contribution is 2.46. The van der Waals surface area contributed by atoms with Gasteiger partial charge in [-0.2, -0.15) is 40.2 Å². The minimum absolute atomic E-state index is 0.0538. The summed E-state index contributed by atoms with van der Waals surface area (Å²) in [5, 5.41) is 23.3. The van der Waals surface area contributed by atoms with E-state index in [1.165, 1.54) is 12.1 Å². The van der Waals surface area contributed by atoms with Gasteiger partial charge in [-0.3, -0.25) is 13.7 Å². The van der Waals surface area contributed by atoms with Gasteiger partial charge >= 0.3 is 0 Å². The van der Waals surface area contributed by atoms with Gasteiger partial charge in [0.05, 0.1) is 10.6 Å². The van der Waals surface area contributed by atoms with Crippen molar-refractivity contribution in [2.45, 2.75) is 21.6 Å². The molecule has 47 heavy (non-hydrogen) atoms. The molecule has 0 amide bonds. The van der Waals surface area contributed by atoms with Crippen molar-refractivity contribution in [2.24, 2.45) is 10.2 Å². The lowest BCUT2D eigenvalue weighted by atomic mass is 10.1. The Balaban J connectivity index is 1.73. The van der Waals surface area contributed by atoms with Gasteiger partial charge in [-0.15, -0.1) is 10.2 Å². The maximum atomic E-state index is 12.4. The molecule has 1 aromatic heterocycles. The van der Waals surface area contributed by atoms with Crippen molar-refractivity contribution in [1.82, 2.24) is 15.0 Å². The average molecular weight is 722 g/mol. The smallest absolute Gasteiger partial charge is 0.296 e. The number of aromatic nitrogens is 3. The lowest BCUT2D eigenvalue weighted by Crippen LogP contribution is -2.06. The SMILES string of the molecule is Cc1ccccc1Nc1nc(Cl)nc(Nc2cc(S(=O)(=O)O)cc3cc(S(=O)(=O)O)c(N=Nc4ccccc4S(=O)(=O)O)c(O)c23)n1. The molecule has 0 bridgehead atoms. The lowest BCUT2D eigenvalue weighted by Gasteiger charge is -2.15. The summed E-state index contributed by atoms with van der Waals surface area (Å²) in [6, 6.07) is 14.2. The van der Waals surface area contributed by atoms with E-state index in [-0.39, 0.29) is 33.6 Å². The molecule has 0 aliphatic rings. The van der Waals surface area contributed by atoms with Gasteiger partial charge in [0.2, 0.25) is 17.2 Å². The van der Waals surface area contributed by atoms with Crippen LogP contribution in [0, 0.1) is 6.92 Å². The molecule has 5 aromatic rings. The summed E-state index contributed by atoms with van der Waals surface area (Å²) < 4.78 is 102. The predicted octanol–water partition coefficient (Wildman–Crippen LogP) is 5.33. The van der Waals surface area contributed by atoms with Crippen LogP contribution in [0.25, 0.3) is 10.8 Å². The molecule has 0 radical (unpaired) electrons. The van der Waals surface area contributed by atoms with Gasteiger partial charge in [-0.05, 0) is 65.9 Å². The molecule has 0 atom stereocenters. The molecule has 5 rings (SSSR count). The van der Waals surface area contributed by atoms with E-state index in [2.05, 4.69) is 35.8 Å². The number of hydrogen-bond donors (Lipinski definition) is 6. The number of nitrogens with one attached hydrogen (secondary N) is 2. The van der Waals surface area contributed by atoms with Gasteiger partial charge in [-0.1, -0.05) is 30.3 Å². The van der Waals surface area contributed by atoms with Crippen LogP contribution in [0.15, 0.2) is 91.6 Å². The van der Waals surface area contributed by atoms with Crippen molar-refractivity contribution in [2.75, 3.05) is 10.6 Å². The summed E-state index contributed by atoms with van der Waals surface area (Å²) in [7, 11) is -15.0. The molecule has 17 nitrogen and oxygen atoms in total. The maximum absolute atomic E-state index is 12.4. The number of rotatable bonds is 9. The zero-order valence-electron chi connectivity index (χ0n) is 23.4. The number of aromatic hydroxyl groups is 1. The van der Waals surface area contributed by atoms with E-state index in [4.69, 9.17) is 11.6 Å². The molecule has 6 N–H and O–H groups in total. The van der Waals surface area contributed by atoms with Crippen molar-refractivity contribution >= 4 is 87.4 Å². The van der Waals surface area contributed by atoms with E-state index in [1.54, 1.807) is 12.1 Å². The first-order chi connectivity index (χ1) is 21.9. The van der Waals surface area contributed by atoms with Crippen LogP contribution in [0.2, 0.25) is 5.28 Å². The van der Waals surface area contributed by atoms with E-state index in [1.807, 2.05) is 19.1 Å². The number of anilines is 4. The Bertz CT molecular complexity index is 2440. The third-order valence-corrected chi connectivity index (χ3v) is 9.11. The zero-order chi connectivity index (χ0) is 34.3. The van der Waals surface area contributed by atoms with E-state index in [0.29, 0.717) is 5.69 Å². The minimum atomic E-state index is -5.23. The van der Waals surface area contributed by atoms with E-state index >= 15 is 0 Å². The first-order valence-electron chi connectivity index (χ1n) is 12.7. The molecule has 1 heterocycles. The Morgan fingerprint density at radius 2 is 1.30 bits per heavy atom. The van der Waals surface area contributed by atoms with E-state index in [9.17, 15) is 44.0 Å². The summed E-state index contributed by atoms with van der Waals surface area (Å²) in [4.78, 5) is 9.59. The summed E-state index contributed by atoms with van der Waals surface area (Å²) in [5.74, 6) is -1.37. The van der Waals surface area contributed by atoms with Gasteiger partial charge < -0.3 is 15.7 Å². The number of azo groups is 1. The molecule has 0 unspecified atom stereocenters. The second kappa shape index (κ2) is 12.4. The number of aryl methyl sites for hydroxylation is 1. The van der Waals surface area contributed by atoms with Crippen molar-refractivity contribution in [1.29, 1.82) is 0 Å². The molecule has 0 spiro atoms. The van der Waals surface area contributed by atoms with Gasteiger partial charge in [0.25, 0.3) is 30.4 Å². The number of phenolic OH excluding ortho intramolecular Hbond substituents is 1. The zero-order valence-corrected chi connectivity index (χ0v) is 26.6. The van der Waals surface area contributed by atoms with Crippen molar-refractivity contribution in [3.05, 3.63) is 77.6 Å². The van der Waals surface area contributed by atoms with E-state index in [0.717, 1.165) is 35.9 Å². The molecule has 21 heteroatoms. The van der Waals surface area contributed by atoms with Crippen LogP contribution in [0.4, 0.5) is 34.6 Å². The van der Waals surface area contributed by atoms with Crippen LogP contribution >= 0.6 is 11.6 Å². The molecule has 0 aliphatic carbocycles. The van der Waals surface area contributed by atoms with Gasteiger partial charge in [0, 0.05) is 11.1 Å². The lowest BCUT2D eigenvalue weighted by molar-refractivity contribution is 0.472. The second-order valence-electron chi connectivity index (χ2n) is 9.55. The van der Waals surface area contributed by atoms with Crippen molar-refractivity contribution in [3.63, 3.8) is 0 Å². The fourth-order valence-electron chi connectivity index (χ4n) is 4.28. The number of para-hydroxylation sites is 1. The normalized spacial score (nSPS) is 12.4.